The van der Waals surface area contributed by atoms with Gasteiger partial charge < -0.3 is 25.3 Å². The first-order valence-electron chi connectivity index (χ1n) is 10.1. The van der Waals surface area contributed by atoms with Crippen LogP contribution in [0.3, 0.4) is 0 Å². The van der Waals surface area contributed by atoms with Crippen LogP contribution in [0.25, 0.3) is 0 Å². The van der Waals surface area contributed by atoms with E-state index >= 15 is 0 Å². The number of amidine groups is 1. The number of halogens is 1. The molecule has 0 saturated heterocycles. The number of rotatable bonds is 4. The number of hydrazone groups is 1. The Labute approximate surface area is 191 Å². The molecule has 0 bridgehead atoms. The molecule has 1 heterocycles. The molecule has 166 valence electrons. The first-order chi connectivity index (χ1) is 15.2. The molecule has 1 aliphatic heterocycles. The van der Waals surface area contributed by atoms with E-state index < -0.39 is 0 Å². The van der Waals surface area contributed by atoms with Crippen molar-refractivity contribution < 1.29 is 20.4 Å². The third-order valence-electron chi connectivity index (χ3n) is 5.42. The highest BCUT2D eigenvalue weighted by Crippen LogP contribution is 2.40. The summed E-state index contributed by atoms with van der Waals surface area (Å²) in [5, 5.41) is 47.5. The molecule has 3 aromatic carbocycles. The predicted octanol–water partition coefficient (Wildman–Crippen LogP) is 5.24. The molecule has 32 heavy (non-hydrogen) atoms. The molecule has 0 saturated carbocycles. The Morgan fingerprint density at radius 1 is 0.875 bits per heavy atom. The molecule has 0 unspecified atom stereocenters. The Hall–Kier alpha value is -3.58. The number of anilines is 2. The highest BCUT2D eigenvalue weighted by molar-refractivity contribution is 6.32. The zero-order valence-corrected chi connectivity index (χ0v) is 18.7. The van der Waals surface area contributed by atoms with Gasteiger partial charge in [-0.05, 0) is 42.7 Å². The van der Waals surface area contributed by atoms with Crippen LogP contribution in [0.15, 0.2) is 53.6 Å². The summed E-state index contributed by atoms with van der Waals surface area (Å²) in [6.07, 6.45) is 0. The fraction of sp³-hybridized carbons (Fsp3) is 0.208. The van der Waals surface area contributed by atoms with Crippen LogP contribution in [-0.2, 0) is 0 Å². The van der Waals surface area contributed by atoms with Crippen LogP contribution in [0.2, 0.25) is 5.02 Å². The maximum Gasteiger partial charge on any atom is 0.166 e. The van der Waals surface area contributed by atoms with E-state index in [9.17, 15) is 20.4 Å². The van der Waals surface area contributed by atoms with Gasteiger partial charge in [0.1, 0.15) is 35.4 Å². The lowest BCUT2D eigenvalue weighted by Crippen LogP contribution is -2.31. The van der Waals surface area contributed by atoms with Crippen molar-refractivity contribution in [3.8, 4) is 23.0 Å². The van der Waals surface area contributed by atoms with Crippen LogP contribution in [0.1, 0.15) is 36.5 Å². The van der Waals surface area contributed by atoms with Gasteiger partial charge in [0, 0.05) is 17.8 Å². The van der Waals surface area contributed by atoms with Gasteiger partial charge in [-0.3, -0.25) is 0 Å². The number of aryl methyl sites for hydroxylation is 1. The number of phenolic OH excluding ortho intramolecular Hbond substituents is 4. The van der Waals surface area contributed by atoms with E-state index in [-0.39, 0.29) is 40.6 Å². The average molecular weight is 454 g/mol. The predicted molar refractivity (Wildman–Crippen MR) is 126 cm³/mol. The summed E-state index contributed by atoms with van der Waals surface area (Å²) in [5.41, 5.74) is 3.35. The molecule has 4 rings (SSSR count). The molecular formula is C24H24ClN3O4. The summed E-state index contributed by atoms with van der Waals surface area (Å²) >= 11 is 6.11. The highest BCUT2D eigenvalue weighted by atomic mass is 35.5. The fourth-order valence-corrected chi connectivity index (χ4v) is 3.80. The van der Waals surface area contributed by atoms with Crippen LogP contribution in [0.5, 0.6) is 23.0 Å². The highest BCUT2D eigenvalue weighted by Gasteiger charge is 2.31. The van der Waals surface area contributed by atoms with Crippen molar-refractivity contribution in [3.63, 3.8) is 0 Å². The van der Waals surface area contributed by atoms with Gasteiger partial charge >= 0.3 is 0 Å². The zero-order chi connectivity index (χ0) is 23.2. The molecule has 0 aliphatic carbocycles. The quantitative estimate of drug-likeness (QED) is 0.431. The van der Waals surface area contributed by atoms with Crippen LogP contribution >= 0.6 is 11.6 Å². The van der Waals surface area contributed by atoms with Crippen LogP contribution < -0.4 is 9.91 Å². The molecule has 8 heteroatoms. The first kappa shape index (κ1) is 21.6. The van der Waals surface area contributed by atoms with Gasteiger partial charge in [0.2, 0.25) is 0 Å². The lowest BCUT2D eigenvalue weighted by Gasteiger charge is -2.23. The van der Waals surface area contributed by atoms with E-state index in [2.05, 4.69) is 5.10 Å². The number of aromatic hydroxyl groups is 4. The molecule has 0 atom stereocenters. The van der Waals surface area contributed by atoms with Crippen molar-refractivity contribution in [3.05, 3.63) is 70.2 Å². The minimum Gasteiger partial charge on any atom is -0.508 e. The van der Waals surface area contributed by atoms with Crippen molar-refractivity contribution in [1.82, 2.24) is 0 Å². The summed E-state index contributed by atoms with van der Waals surface area (Å²) in [6, 6.07) is 13.4. The van der Waals surface area contributed by atoms with Crippen molar-refractivity contribution in [2.75, 3.05) is 16.6 Å². The molecule has 7 nitrogen and oxygen atoms in total. The average Bonchev–Trinajstić information content (AvgIpc) is 3.15. The summed E-state index contributed by atoms with van der Waals surface area (Å²) in [5.74, 6) is -0.0810. The normalized spacial score (nSPS) is 13.7. The molecule has 0 aromatic heterocycles. The molecule has 0 amide bonds. The van der Waals surface area contributed by atoms with Crippen LogP contribution in [0.4, 0.5) is 11.4 Å². The molecular weight excluding hydrogens is 430 g/mol. The van der Waals surface area contributed by atoms with Crippen molar-refractivity contribution in [1.29, 1.82) is 0 Å². The summed E-state index contributed by atoms with van der Waals surface area (Å²) in [4.78, 5) is 1.86. The number of hydrogen-bond acceptors (Lipinski definition) is 7. The van der Waals surface area contributed by atoms with Gasteiger partial charge in [-0.2, -0.15) is 5.10 Å². The maximum atomic E-state index is 10.6. The standard InChI is InChI=1S/C24H24ClN3O4/c1-13(2)16-9-19(23(32)11-20(16)29)28-12-27(15-6-4-14(3)5-7-15)24(26-28)17-8-18(25)22(31)10-21(17)30/h4-11,13,29-32H,12H2,1-3H3. The molecule has 0 fully saturated rings. The fourth-order valence-electron chi connectivity index (χ4n) is 3.64. The topological polar surface area (TPSA) is 99.8 Å². The Morgan fingerprint density at radius 3 is 2.19 bits per heavy atom. The third-order valence-corrected chi connectivity index (χ3v) is 5.72. The SMILES string of the molecule is Cc1ccc(N2CN(c3cc(C(C)C)c(O)cc3O)N=C2c2cc(Cl)c(O)cc2O)cc1. The van der Waals surface area contributed by atoms with Crippen molar-refractivity contribution >= 4 is 28.8 Å². The number of nitrogens with zero attached hydrogens (tertiary/aromatic N) is 3. The Morgan fingerprint density at radius 2 is 1.53 bits per heavy atom. The maximum absolute atomic E-state index is 10.6. The molecule has 3 aromatic rings. The van der Waals surface area contributed by atoms with E-state index in [0.29, 0.717) is 22.6 Å². The van der Waals surface area contributed by atoms with Crippen LogP contribution in [0, 0.1) is 6.92 Å². The molecule has 1 aliphatic rings. The summed E-state index contributed by atoms with van der Waals surface area (Å²) in [6.45, 7) is 6.13. The van der Waals surface area contributed by atoms with E-state index in [1.807, 2.05) is 49.9 Å². The molecule has 0 spiro atoms. The van der Waals surface area contributed by atoms with Crippen molar-refractivity contribution in [2.45, 2.75) is 26.7 Å². The van der Waals surface area contributed by atoms with Crippen molar-refractivity contribution in [2.24, 2.45) is 5.10 Å². The van der Waals surface area contributed by atoms with Gasteiger partial charge in [0.05, 0.1) is 10.6 Å². The number of phenols is 4. The Kier molecular flexibility index (Phi) is 5.52. The summed E-state index contributed by atoms with van der Waals surface area (Å²) < 4.78 is 0. The smallest absolute Gasteiger partial charge is 0.166 e. The number of hydrogen-bond donors (Lipinski definition) is 4. The van der Waals surface area contributed by atoms with E-state index in [4.69, 9.17) is 11.6 Å². The number of benzene rings is 3. The Balaban J connectivity index is 1.86. The van der Waals surface area contributed by atoms with Gasteiger partial charge in [0.15, 0.2) is 5.84 Å². The molecule has 0 radical (unpaired) electrons. The van der Waals surface area contributed by atoms with Crippen LogP contribution in [-0.4, -0.2) is 32.9 Å². The molecule has 4 N–H and O–H groups in total. The van der Waals surface area contributed by atoms with Gasteiger partial charge in [-0.25, -0.2) is 5.01 Å². The summed E-state index contributed by atoms with van der Waals surface area (Å²) in [7, 11) is 0. The minimum atomic E-state index is -0.233. The van der Waals surface area contributed by atoms with E-state index in [0.717, 1.165) is 11.3 Å². The second kappa shape index (κ2) is 8.16. The lowest BCUT2D eigenvalue weighted by atomic mass is 10.0. The zero-order valence-electron chi connectivity index (χ0n) is 17.9. The second-order valence-electron chi connectivity index (χ2n) is 8.10. The lowest BCUT2D eigenvalue weighted by molar-refractivity contribution is 0.443. The monoisotopic (exact) mass is 453 g/mol. The van der Waals surface area contributed by atoms with E-state index in [1.54, 1.807) is 11.1 Å². The minimum absolute atomic E-state index is 0.0167. The first-order valence-corrected chi connectivity index (χ1v) is 10.5. The van der Waals surface area contributed by atoms with Gasteiger partial charge in [0.25, 0.3) is 0 Å². The van der Waals surface area contributed by atoms with E-state index in [1.165, 1.54) is 18.2 Å². The van der Waals surface area contributed by atoms with Gasteiger partial charge in [-0.1, -0.05) is 43.1 Å². The second-order valence-corrected chi connectivity index (χ2v) is 8.51. The van der Waals surface area contributed by atoms with Gasteiger partial charge in [-0.15, -0.1) is 0 Å². The largest absolute Gasteiger partial charge is 0.508 e. The Bertz CT molecular complexity index is 1210. The third kappa shape index (κ3) is 3.87.